The third kappa shape index (κ3) is 1.24. The van der Waals surface area contributed by atoms with Gasteiger partial charge in [0.25, 0.3) is 0 Å². The number of allylic oxidation sites excluding steroid dienone is 1. The summed E-state index contributed by atoms with van der Waals surface area (Å²) in [7, 11) is 0. The van der Waals surface area contributed by atoms with Crippen LogP contribution in [-0.2, 0) is 9.47 Å². The van der Waals surface area contributed by atoms with Crippen molar-refractivity contribution in [3.63, 3.8) is 0 Å². The van der Waals surface area contributed by atoms with E-state index < -0.39 is 0 Å². The first kappa shape index (κ1) is 7.78. The van der Waals surface area contributed by atoms with Gasteiger partial charge in [0.1, 0.15) is 0 Å². The van der Waals surface area contributed by atoms with Crippen LogP contribution in [0.15, 0.2) is 11.8 Å². The molecule has 0 amide bonds. The van der Waals surface area contributed by atoms with Gasteiger partial charge in [-0.2, -0.15) is 0 Å². The lowest BCUT2D eigenvalue weighted by Crippen LogP contribution is -2.31. The fourth-order valence-corrected chi connectivity index (χ4v) is 1.66. The van der Waals surface area contributed by atoms with Gasteiger partial charge in [-0.1, -0.05) is 6.08 Å². The zero-order valence-electron chi connectivity index (χ0n) is 6.88. The Balaban J connectivity index is 2.07. The largest absolute Gasteiger partial charge is 0.347 e. The van der Waals surface area contributed by atoms with Crippen LogP contribution in [0.5, 0.6) is 0 Å². The maximum atomic E-state index is 6.83. The fraction of sp³-hybridized carbons (Fsp3) is 0.667. The van der Waals surface area contributed by atoms with E-state index in [0.717, 1.165) is 25.0 Å². The van der Waals surface area contributed by atoms with Gasteiger partial charge in [0.05, 0.1) is 19.8 Å². The second-order valence-electron chi connectivity index (χ2n) is 3.12. The van der Waals surface area contributed by atoms with Crippen LogP contribution < -0.4 is 0 Å². The Labute approximate surface area is 71.8 Å². The lowest BCUT2D eigenvalue weighted by Gasteiger charge is -2.29. The van der Waals surface area contributed by atoms with Crippen LogP contribution in [0.1, 0.15) is 19.3 Å². The van der Waals surface area contributed by atoms with Gasteiger partial charge in [-0.25, -0.2) is 4.85 Å². The van der Waals surface area contributed by atoms with E-state index in [1.54, 1.807) is 0 Å². The van der Waals surface area contributed by atoms with Crippen LogP contribution in [0, 0.1) is 6.57 Å². The first-order chi connectivity index (χ1) is 5.85. The van der Waals surface area contributed by atoms with Crippen molar-refractivity contribution in [1.29, 1.82) is 0 Å². The summed E-state index contributed by atoms with van der Waals surface area (Å²) in [6.07, 6.45) is 4.30. The number of nitrogens with zero attached hydrogens (tertiary/aromatic N) is 1. The second-order valence-corrected chi connectivity index (χ2v) is 3.12. The predicted octanol–water partition coefficient (Wildman–Crippen LogP) is 1.72. The second kappa shape index (κ2) is 2.89. The molecule has 2 aliphatic rings. The summed E-state index contributed by atoms with van der Waals surface area (Å²) in [4.78, 5) is 3.40. The summed E-state index contributed by atoms with van der Waals surface area (Å²) < 4.78 is 11.0. The van der Waals surface area contributed by atoms with E-state index in [0.29, 0.717) is 13.2 Å². The molecular weight excluding hydrogens is 154 g/mol. The third-order valence-electron chi connectivity index (χ3n) is 2.37. The molecule has 0 aromatic carbocycles. The monoisotopic (exact) mass is 165 g/mol. The highest BCUT2D eigenvalue weighted by Gasteiger charge is 2.37. The van der Waals surface area contributed by atoms with Gasteiger partial charge in [0.2, 0.25) is 0 Å². The SMILES string of the molecule is [C-]#[N+]C1=CCC2(CC1)OCCO2. The number of ether oxygens (including phenoxy) is 2. The summed E-state index contributed by atoms with van der Waals surface area (Å²) in [6, 6.07) is 0. The first-order valence-corrected chi connectivity index (χ1v) is 4.19. The highest BCUT2D eigenvalue weighted by atomic mass is 16.7. The van der Waals surface area contributed by atoms with Crippen molar-refractivity contribution in [2.75, 3.05) is 13.2 Å². The molecule has 0 bridgehead atoms. The fourth-order valence-electron chi connectivity index (χ4n) is 1.66. The van der Waals surface area contributed by atoms with Gasteiger partial charge < -0.3 is 9.47 Å². The van der Waals surface area contributed by atoms with Crippen molar-refractivity contribution in [3.05, 3.63) is 23.2 Å². The maximum absolute atomic E-state index is 6.83. The molecule has 3 heteroatoms. The van der Waals surface area contributed by atoms with Crippen LogP contribution in [0.25, 0.3) is 4.85 Å². The first-order valence-electron chi connectivity index (χ1n) is 4.19. The third-order valence-corrected chi connectivity index (χ3v) is 2.37. The zero-order valence-corrected chi connectivity index (χ0v) is 6.88. The van der Waals surface area contributed by atoms with Gasteiger partial charge in [-0.3, -0.25) is 0 Å². The van der Waals surface area contributed by atoms with Gasteiger partial charge in [0.15, 0.2) is 11.5 Å². The summed E-state index contributed by atoms with van der Waals surface area (Å²) >= 11 is 0. The molecule has 3 nitrogen and oxygen atoms in total. The van der Waals surface area contributed by atoms with Crippen LogP contribution in [0.2, 0.25) is 0 Å². The molecule has 12 heavy (non-hydrogen) atoms. The molecule has 1 aliphatic heterocycles. The van der Waals surface area contributed by atoms with Crippen molar-refractivity contribution < 1.29 is 9.47 Å². The molecule has 0 atom stereocenters. The smallest absolute Gasteiger partial charge is 0.169 e. The minimum Gasteiger partial charge on any atom is -0.347 e. The quantitative estimate of drug-likeness (QED) is 0.510. The lowest BCUT2D eigenvalue weighted by atomic mass is 9.98. The molecule has 1 saturated heterocycles. The lowest BCUT2D eigenvalue weighted by molar-refractivity contribution is -0.161. The molecular formula is C9H11NO2. The summed E-state index contributed by atoms with van der Waals surface area (Å²) in [5.41, 5.74) is 0.847. The Morgan fingerprint density at radius 3 is 2.67 bits per heavy atom. The minimum atomic E-state index is -0.367. The normalized spacial score (nSPS) is 26.8. The minimum absolute atomic E-state index is 0.367. The van der Waals surface area contributed by atoms with Crippen molar-refractivity contribution in [1.82, 2.24) is 0 Å². The Morgan fingerprint density at radius 2 is 2.17 bits per heavy atom. The van der Waals surface area contributed by atoms with Gasteiger partial charge in [-0.15, -0.1) is 0 Å². The van der Waals surface area contributed by atoms with Crippen LogP contribution >= 0.6 is 0 Å². The van der Waals surface area contributed by atoms with E-state index in [1.807, 2.05) is 6.08 Å². The Bertz CT molecular complexity index is 246. The molecule has 1 heterocycles. The molecule has 0 unspecified atom stereocenters. The van der Waals surface area contributed by atoms with E-state index in [9.17, 15) is 0 Å². The van der Waals surface area contributed by atoms with E-state index in [2.05, 4.69) is 4.85 Å². The van der Waals surface area contributed by atoms with Gasteiger partial charge >= 0.3 is 0 Å². The number of hydrogen-bond donors (Lipinski definition) is 0. The molecule has 0 N–H and O–H groups in total. The molecule has 1 aliphatic carbocycles. The van der Waals surface area contributed by atoms with E-state index >= 15 is 0 Å². The molecule has 0 aromatic heterocycles. The van der Waals surface area contributed by atoms with Crippen molar-refractivity contribution >= 4 is 0 Å². The average Bonchev–Trinajstić information content (AvgIpc) is 2.55. The Kier molecular flexibility index (Phi) is 1.87. The Morgan fingerprint density at radius 1 is 1.42 bits per heavy atom. The summed E-state index contributed by atoms with van der Waals surface area (Å²) in [6.45, 7) is 8.22. The zero-order chi connectivity index (χ0) is 8.44. The standard InChI is InChI=1S/C9H11NO2/c1-10-8-2-4-9(5-3-8)11-6-7-12-9/h2H,3-7H2. The van der Waals surface area contributed by atoms with Crippen LogP contribution in [0.3, 0.4) is 0 Å². The molecule has 64 valence electrons. The van der Waals surface area contributed by atoms with Crippen molar-refractivity contribution in [3.8, 4) is 0 Å². The summed E-state index contributed by atoms with van der Waals surface area (Å²) in [5, 5.41) is 0. The van der Waals surface area contributed by atoms with Gasteiger partial charge in [0, 0.05) is 6.42 Å². The van der Waals surface area contributed by atoms with E-state index in [4.69, 9.17) is 16.0 Å². The topological polar surface area (TPSA) is 22.8 Å². The van der Waals surface area contributed by atoms with E-state index in [-0.39, 0.29) is 5.79 Å². The van der Waals surface area contributed by atoms with Crippen molar-refractivity contribution in [2.24, 2.45) is 0 Å². The Hall–Kier alpha value is -0.850. The number of rotatable bonds is 0. The summed E-state index contributed by atoms with van der Waals surface area (Å²) in [5.74, 6) is -0.367. The van der Waals surface area contributed by atoms with E-state index in [1.165, 1.54) is 0 Å². The molecule has 0 radical (unpaired) electrons. The average molecular weight is 165 g/mol. The number of hydrogen-bond acceptors (Lipinski definition) is 2. The highest BCUT2D eigenvalue weighted by Crippen LogP contribution is 2.34. The maximum Gasteiger partial charge on any atom is 0.169 e. The van der Waals surface area contributed by atoms with Crippen LogP contribution in [-0.4, -0.2) is 19.0 Å². The molecule has 0 aromatic rings. The highest BCUT2D eigenvalue weighted by molar-refractivity contribution is 5.15. The molecule has 0 saturated carbocycles. The molecule has 2 rings (SSSR count). The predicted molar refractivity (Wildman–Crippen MR) is 43.2 cm³/mol. The van der Waals surface area contributed by atoms with Crippen LogP contribution in [0.4, 0.5) is 0 Å². The van der Waals surface area contributed by atoms with Gasteiger partial charge in [-0.05, 0) is 12.8 Å². The molecule has 1 fully saturated rings. The molecule has 1 spiro atoms. The van der Waals surface area contributed by atoms with Crippen molar-refractivity contribution in [2.45, 2.75) is 25.0 Å².